The van der Waals surface area contributed by atoms with Crippen LogP contribution in [-0.2, 0) is 4.79 Å². The SMILES string of the molecule is Cc1nc(C2CCCN2CC(=O)N(C)c2nccs2)no1. The Hall–Kier alpha value is -1.80. The van der Waals surface area contributed by atoms with E-state index in [2.05, 4.69) is 20.0 Å². The van der Waals surface area contributed by atoms with E-state index < -0.39 is 0 Å². The number of nitrogens with zero attached hydrogens (tertiary/aromatic N) is 5. The van der Waals surface area contributed by atoms with Gasteiger partial charge >= 0.3 is 0 Å². The van der Waals surface area contributed by atoms with Crippen molar-refractivity contribution in [2.75, 3.05) is 25.0 Å². The number of hydrogen-bond acceptors (Lipinski definition) is 7. The van der Waals surface area contributed by atoms with Crippen LogP contribution < -0.4 is 4.90 Å². The minimum atomic E-state index is 0.0251. The maximum Gasteiger partial charge on any atom is 0.242 e. The molecule has 0 aromatic carbocycles. The number of carbonyl (C=O) groups excluding carboxylic acids is 1. The van der Waals surface area contributed by atoms with Gasteiger partial charge in [-0.1, -0.05) is 5.16 Å². The zero-order chi connectivity index (χ0) is 14.8. The van der Waals surface area contributed by atoms with E-state index in [4.69, 9.17) is 4.52 Å². The fraction of sp³-hybridized carbons (Fsp3) is 0.538. The summed E-state index contributed by atoms with van der Waals surface area (Å²) in [7, 11) is 1.75. The molecule has 1 unspecified atom stereocenters. The lowest BCUT2D eigenvalue weighted by Gasteiger charge is -2.23. The highest BCUT2D eigenvalue weighted by molar-refractivity contribution is 7.13. The van der Waals surface area contributed by atoms with Crippen molar-refractivity contribution < 1.29 is 9.32 Å². The summed E-state index contributed by atoms with van der Waals surface area (Å²) >= 11 is 1.45. The summed E-state index contributed by atoms with van der Waals surface area (Å²) in [6, 6.07) is 0.0658. The Balaban J connectivity index is 1.67. The number of aryl methyl sites for hydroxylation is 1. The van der Waals surface area contributed by atoms with E-state index in [9.17, 15) is 4.79 Å². The minimum Gasteiger partial charge on any atom is -0.340 e. The second-order valence-electron chi connectivity index (χ2n) is 5.07. The predicted octanol–water partition coefficient (Wildman–Crippen LogP) is 1.63. The summed E-state index contributed by atoms with van der Waals surface area (Å²) in [5.74, 6) is 1.26. The smallest absolute Gasteiger partial charge is 0.242 e. The number of aromatic nitrogens is 3. The summed E-state index contributed by atoms with van der Waals surface area (Å²) in [5.41, 5.74) is 0. The molecule has 0 saturated carbocycles. The highest BCUT2D eigenvalue weighted by atomic mass is 32.1. The van der Waals surface area contributed by atoms with Gasteiger partial charge in [0.05, 0.1) is 12.6 Å². The molecule has 1 fully saturated rings. The van der Waals surface area contributed by atoms with Crippen molar-refractivity contribution in [1.82, 2.24) is 20.0 Å². The molecule has 1 aliphatic heterocycles. The molecule has 1 atom stereocenters. The lowest BCUT2D eigenvalue weighted by Crippen LogP contribution is -2.38. The second kappa shape index (κ2) is 5.90. The number of thiazole rings is 1. The van der Waals surface area contributed by atoms with Gasteiger partial charge in [0, 0.05) is 25.5 Å². The number of likely N-dealkylation sites (tertiary alicyclic amines) is 1. The largest absolute Gasteiger partial charge is 0.340 e. The Labute approximate surface area is 126 Å². The maximum absolute atomic E-state index is 12.4. The Morgan fingerprint density at radius 1 is 1.62 bits per heavy atom. The van der Waals surface area contributed by atoms with Crippen molar-refractivity contribution in [3.8, 4) is 0 Å². The van der Waals surface area contributed by atoms with E-state index in [1.165, 1.54) is 11.3 Å². The molecule has 1 amide bonds. The average Bonchev–Trinajstić information content (AvgIpc) is 3.17. The lowest BCUT2D eigenvalue weighted by atomic mass is 10.2. The summed E-state index contributed by atoms with van der Waals surface area (Å²) in [6.45, 7) is 2.99. The fourth-order valence-corrected chi connectivity index (χ4v) is 3.15. The normalized spacial score (nSPS) is 19.0. The van der Waals surface area contributed by atoms with Gasteiger partial charge in [0.2, 0.25) is 11.8 Å². The topological polar surface area (TPSA) is 75.4 Å². The standard InChI is InChI=1S/C13H17N5O2S/c1-9-15-12(16-20-9)10-4-3-6-18(10)8-11(19)17(2)13-14-5-7-21-13/h5,7,10H,3-4,6,8H2,1-2H3. The summed E-state index contributed by atoms with van der Waals surface area (Å²) in [5, 5.41) is 6.56. The van der Waals surface area contributed by atoms with Crippen LogP contribution in [0.2, 0.25) is 0 Å². The van der Waals surface area contributed by atoms with Crippen LogP contribution in [0.15, 0.2) is 16.1 Å². The molecule has 8 heteroatoms. The van der Waals surface area contributed by atoms with Gasteiger partial charge in [0.15, 0.2) is 11.0 Å². The number of carbonyl (C=O) groups is 1. The molecule has 2 aromatic heterocycles. The Bertz CT molecular complexity index is 612. The number of amides is 1. The first kappa shape index (κ1) is 14.2. The van der Waals surface area contributed by atoms with Crippen molar-refractivity contribution in [2.45, 2.75) is 25.8 Å². The number of rotatable bonds is 4. The van der Waals surface area contributed by atoms with Gasteiger partial charge in [-0.3, -0.25) is 14.6 Å². The molecular formula is C13H17N5O2S. The average molecular weight is 307 g/mol. The fourth-order valence-electron chi connectivity index (χ4n) is 2.53. The van der Waals surface area contributed by atoms with E-state index in [-0.39, 0.29) is 11.9 Å². The second-order valence-corrected chi connectivity index (χ2v) is 5.94. The number of likely N-dealkylation sites (N-methyl/N-ethyl adjacent to an activating group) is 1. The monoisotopic (exact) mass is 307 g/mol. The van der Waals surface area contributed by atoms with Crippen LogP contribution in [0.1, 0.15) is 30.6 Å². The molecule has 1 aliphatic rings. The molecule has 0 N–H and O–H groups in total. The summed E-state index contributed by atoms with van der Waals surface area (Å²) in [6.07, 6.45) is 3.68. The highest BCUT2D eigenvalue weighted by Gasteiger charge is 2.32. The van der Waals surface area contributed by atoms with Gasteiger partial charge in [-0.25, -0.2) is 4.98 Å². The molecule has 21 heavy (non-hydrogen) atoms. The first-order valence-corrected chi connectivity index (χ1v) is 7.73. The Morgan fingerprint density at radius 2 is 2.48 bits per heavy atom. The number of hydrogen-bond donors (Lipinski definition) is 0. The Kier molecular flexibility index (Phi) is 3.98. The first-order valence-electron chi connectivity index (χ1n) is 6.85. The van der Waals surface area contributed by atoms with Crippen LogP contribution in [-0.4, -0.2) is 46.1 Å². The van der Waals surface area contributed by atoms with Gasteiger partial charge in [0.1, 0.15) is 0 Å². The summed E-state index contributed by atoms with van der Waals surface area (Å²) in [4.78, 5) is 24.5. The number of anilines is 1. The molecule has 3 rings (SSSR count). The quantitative estimate of drug-likeness (QED) is 0.854. The van der Waals surface area contributed by atoms with Crippen LogP contribution in [0.3, 0.4) is 0 Å². The Morgan fingerprint density at radius 3 is 3.14 bits per heavy atom. The zero-order valence-corrected chi connectivity index (χ0v) is 12.8. The molecular weight excluding hydrogens is 290 g/mol. The third kappa shape index (κ3) is 2.96. The lowest BCUT2D eigenvalue weighted by molar-refractivity contribution is -0.119. The first-order chi connectivity index (χ1) is 10.1. The summed E-state index contributed by atoms with van der Waals surface area (Å²) < 4.78 is 5.05. The van der Waals surface area contributed by atoms with Crippen LogP contribution in [0, 0.1) is 6.92 Å². The van der Waals surface area contributed by atoms with Crippen LogP contribution in [0.5, 0.6) is 0 Å². The molecule has 0 spiro atoms. The van der Waals surface area contributed by atoms with Crippen molar-refractivity contribution in [1.29, 1.82) is 0 Å². The van der Waals surface area contributed by atoms with E-state index in [0.717, 1.165) is 19.4 Å². The maximum atomic E-state index is 12.4. The van der Waals surface area contributed by atoms with Gasteiger partial charge in [-0.2, -0.15) is 4.98 Å². The third-order valence-electron chi connectivity index (χ3n) is 3.62. The molecule has 0 radical (unpaired) electrons. The molecule has 2 aromatic rings. The molecule has 0 bridgehead atoms. The van der Waals surface area contributed by atoms with Crippen molar-refractivity contribution in [3.05, 3.63) is 23.3 Å². The van der Waals surface area contributed by atoms with Crippen molar-refractivity contribution in [2.24, 2.45) is 0 Å². The van der Waals surface area contributed by atoms with Gasteiger partial charge in [-0.05, 0) is 19.4 Å². The minimum absolute atomic E-state index is 0.0251. The van der Waals surface area contributed by atoms with Crippen molar-refractivity contribution in [3.63, 3.8) is 0 Å². The van der Waals surface area contributed by atoms with E-state index >= 15 is 0 Å². The predicted molar refractivity (Wildman–Crippen MR) is 78.1 cm³/mol. The van der Waals surface area contributed by atoms with Crippen LogP contribution >= 0.6 is 11.3 Å². The molecule has 7 nitrogen and oxygen atoms in total. The third-order valence-corrected chi connectivity index (χ3v) is 4.47. The van der Waals surface area contributed by atoms with Gasteiger partial charge in [0.25, 0.3) is 0 Å². The zero-order valence-electron chi connectivity index (χ0n) is 12.0. The highest BCUT2D eigenvalue weighted by Crippen LogP contribution is 2.30. The molecule has 1 saturated heterocycles. The van der Waals surface area contributed by atoms with E-state index in [1.54, 1.807) is 25.1 Å². The van der Waals surface area contributed by atoms with E-state index in [1.807, 2.05) is 5.38 Å². The molecule has 3 heterocycles. The van der Waals surface area contributed by atoms with Gasteiger partial charge < -0.3 is 4.52 Å². The molecule has 0 aliphatic carbocycles. The molecule has 112 valence electrons. The van der Waals surface area contributed by atoms with Crippen LogP contribution in [0.4, 0.5) is 5.13 Å². The van der Waals surface area contributed by atoms with E-state index in [0.29, 0.717) is 23.4 Å². The van der Waals surface area contributed by atoms with Crippen molar-refractivity contribution >= 4 is 22.4 Å². The van der Waals surface area contributed by atoms with Gasteiger partial charge in [-0.15, -0.1) is 11.3 Å². The van der Waals surface area contributed by atoms with Crippen LogP contribution in [0.25, 0.3) is 0 Å².